The standard InChI is InChI=1S/C19H11Cl4N5O2/c20-11-4-2-10(3-5-11)18(29)25-17-16(27-7-1-6-24-27)19(30)28(26-17)15-13(22)8-12(21)9-14(15)23/h1-9,26H,(H,25,29). The molecule has 2 aromatic carbocycles. The highest BCUT2D eigenvalue weighted by Crippen LogP contribution is 2.32. The third-order valence-corrected chi connectivity index (χ3v) is 5.20. The molecular formula is C19H11Cl4N5O2. The van der Waals surface area contributed by atoms with E-state index in [1.54, 1.807) is 36.5 Å². The molecule has 0 spiro atoms. The summed E-state index contributed by atoms with van der Waals surface area (Å²) in [5, 5.41) is 10.7. The Hall–Kier alpha value is -2.71. The molecule has 152 valence electrons. The predicted octanol–water partition coefficient (Wildman–Crippen LogP) is 5.22. The number of rotatable bonds is 4. The summed E-state index contributed by atoms with van der Waals surface area (Å²) in [5.74, 6) is -0.354. The molecule has 0 saturated heterocycles. The van der Waals surface area contributed by atoms with Crippen LogP contribution in [0.25, 0.3) is 11.4 Å². The van der Waals surface area contributed by atoms with Crippen LogP contribution in [-0.4, -0.2) is 25.5 Å². The number of benzene rings is 2. The second-order valence-electron chi connectivity index (χ2n) is 6.11. The second-order valence-corrected chi connectivity index (χ2v) is 7.79. The van der Waals surface area contributed by atoms with Gasteiger partial charge in [0.15, 0.2) is 11.5 Å². The normalized spacial score (nSPS) is 10.9. The number of hydrogen-bond acceptors (Lipinski definition) is 3. The number of H-pyrrole nitrogens is 1. The number of aromatic amines is 1. The summed E-state index contributed by atoms with van der Waals surface area (Å²) in [7, 11) is 0. The maximum Gasteiger partial charge on any atom is 0.299 e. The van der Waals surface area contributed by atoms with Gasteiger partial charge in [0.05, 0.1) is 10.0 Å². The van der Waals surface area contributed by atoms with E-state index in [1.807, 2.05) is 0 Å². The molecule has 2 heterocycles. The molecule has 2 aromatic heterocycles. The summed E-state index contributed by atoms with van der Waals surface area (Å²) >= 11 is 24.4. The molecule has 4 aromatic rings. The molecule has 0 fully saturated rings. The zero-order valence-corrected chi connectivity index (χ0v) is 17.9. The Labute approximate surface area is 189 Å². The maximum atomic E-state index is 13.2. The average molecular weight is 483 g/mol. The highest BCUT2D eigenvalue weighted by molar-refractivity contribution is 6.40. The van der Waals surface area contributed by atoms with Crippen molar-refractivity contribution in [2.45, 2.75) is 0 Å². The van der Waals surface area contributed by atoms with E-state index in [4.69, 9.17) is 46.4 Å². The topological polar surface area (TPSA) is 84.7 Å². The monoisotopic (exact) mass is 481 g/mol. The zero-order valence-electron chi connectivity index (χ0n) is 14.9. The molecule has 0 bridgehead atoms. The number of amides is 1. The molecule has 11 heteroatoms. The van der Waals surface area contributed by atoms with Crippen molar-refractivity contribution in [3.05, 3.63) is 90.9 Å². The lowest BCUT2D eigenvalue weighted by Gasteiger charge is -2.08. The van der Waals surface area contributed by atoms with Crippen molar-refractivity contribution in [1.29, 1.82) is 0 Å². The summed E-state index contributed by atoms with van der Waals surface area (Å²) in [6, 6.07) is 10.9. The van der Waals surface area contributed by atoms with Gasteiger partial charge in [-0.15, -0.1) is 0 Å². The Bertz CT molecular complexity index is 1270. The van der Waals surface area contributed by atoms with E-state index in [0.717, 1.165) is 4.68 Å². The lowest BCUT2D eigenvalue weighted by atomic mass is 10.2. The van der Waals surface area contributed by atoms with Crippen LogP contribution in [0.3, 0.4) is 0 Å². The Kier molecular flexibility index (Phi) is 5.62. The van der Waals surface area contributed by atoms with Crippen molar-refractivity contribution in [3.63, 3.8) is 0 Å². The molecule has 0 saturated carbocycles. The van der Waals surface area contributed by atoms with E-state index in [0.29, 0.717) is 15.6 Å². The summed E-state index contributed by atoms with van der Waals surface area (Å²) in [6.45, 7) is 0. The number of halogens is 4. The largest absolute Gasteiger partial charge is 0.305 e. The van der Waals surface area contributed by atoms with Gasteiger partial charge in [0.2, 0.25) is 0 Å². The van der Waals surface area contributed by atoms with E-state index in [2.05, 4.69) is 15.5 Å². The molecule has 7 nitrogen and oxygen atoms in total. The van der Waals surface area contributed by atoms with Crippen molar-refractivity contribution in [3.8, 4) is 11.4 Å². The second kappa shape index (κ2) is 8.20. The van der Waals surface area contributed by atoms with Crippen LogP contribution in [0, 0.1) is 0 Å². The quantitative estimate of drug-likeness (QED) is 0.418. The summed E-state index contributed by atoms with van der Waals surface area (Å²) < 4.78 is 2.44. The van der Waals surface area contributed by atoms with Crippen LogP contribution in [0.15, 0.2) is 59.7 Å². The Balaban J connectivity index is 1.85. The van der Waals surface area contributed by atoms with Gasteiger partial charge in [-0.3, -0.25) is 14.7 Å². The van der Waals surface area contributed by atoms with E-state index in [-0.39, 0.29) is 27.2 Å². The minimum Gasteiger partial charge on any atom is -0.305 e. The molecular weight excluding hydrogens is 472 g/mol. The first-order valence-corrected chi connectivity index (χ1v) is 9.93. The fourth-order valence-corrected chi connectivity index (χ4v) is 3.93. The van der Waals surface area contributed by atoms with Crippen LogP contribution in [0.2, 0.25) is 20.1 Å². The van der Waals surface area contributed by atoms with Gasteiger partial charge < -0.3 is 5.32 Å². The number of anilines is 1. The lowest BCUT2D eigenvalue weighted by molar-refractivity contribution is 0.102. The maximum absolute atomic E-state index is 13.2. The molecule has 0 aliphatic rings. The summed E-state index contributed by atoms with van der Waals surface area (Å²) in [4.78, 5) is 25.9. The van der Waals surface area contributed by atoms with Gasteiger partial charge in [0.25, 0.3) is 11.5 Å². The Morgan fingerprint density at radius 2 is 1.63 bits per heavy atom. The van der Waals surface area contributed by atoms with Crippen molar-refractivity contribution in [2.75, 3.05) is 5.32 Å². The fraction of sp³-hybridized carbons (Fsp3) is 0. The van der Waals surface area contributed by atoms with Crippen LogP contribution in [-0.2, 0) is 0 Å². The molecule has 30 heavy (non-hydrogen) atoms. The number of nitrogens with zero attached hydrogens (tertiary/aromatic N) is 3. The number of aromatic nitrogens is 4. The lowest BCUT2D eigenvalue weighted by Crippen LogP contribution is -2.19. The van der Waals surface area contributed by atoms with Crippen molar-refractivity contribution >= 4 is 58.1 Å². The molecule has 4 rings (SSSR count). The van der Waals surface area contributed by atoms with E-state index < -0.39 is 11.5 Å². The van der Waals surface area contributed by atoms with Crippen LogP contribution in [0.5, 0.6) is 0 Å². The summed E-state index contributed by atoms with van der Waals surface area (Å²) in [5.41, 5.74) is 0.0794. The van der Waals surface area contributed by atoms with Gasteiger partial charge in [0, 0.05) is 28.0 Å². The predicted molar refractivity (Wildman–Crippen MR) is 118 cm³/mol. The van der Waals surface area contributed by atoms with Gasteiger partial charge in [-0.2, -0.15) is 5.10 Å². The van der Waals surface area contributed by atoms with Crippen LogP contribution in [0.1, 0.15) is 10.4 Å². The van der Waals surface area contributed by atoms with Crippen molar-refractivity contribution < 1.29 is 4.79 Å². The van der Waals surface area contributed by atoms with Crippen LogP contribution < -0.4 is 10.9 Å². The van der Waals surface area contributed by atoms with Gasteiger partial charge in [-0.1, -0.05) is 46.4 Å². The molecule has 0 unspecified atom stereocenters. The number of carbonyl (C=O) groups excluding carboxylic acids is 1. The van der Waals surface area contributed by atoms with Crippen LogP contribution in [0.4, 0.5) is 5.82 Å². The van der Waals surface area contributed by atoms with E-state index in [9.17, 15) is 9.59 Å². The SMILES string of the molecule is O=C(Nc1[nH]n(-c2c(Cl)cc(Cl)cc2Cl)c(=O)c1-n1cccn1)c1ccc(Cl)cc1. The molecule has 0 aliphatic carbocycles. The highest BCUT2D eigenvalue weighted by atomic mass is 35.5. The van der Waals surface area contributed by atoms with Gasteiger partial charge in [-0.25, -0.2) is 9.36 Å². The van der Waals surface area contributed by atoms with Gasteiger partial charge in [0.1, 0.15) is 5.69 Å². The minimum atomic E-state index is -0.531. The molecule has 1 amide bonds. The fourth-order valence-electron chi connectivity index (χ4n) is 2.82. The Morgan fingerprint density at radius 1 is 0.967 bits per heavy atom. The van der Waals surface area contributed by atoms with E-state index in [1.165, 1.54) is 23.0 Å². The molecule has 2 N–H and O–H groups in total. The molecule has 0 atom stereocenters. The highest BCUT2D eigenvalue weighted by Gasteiger charge is 2.22. The van der Waals surface area contributed by atoms with Crippen molar-refractivity contribution in [2.24, 2.45) is 0 Å². The average Bonchev–Trinajstić information content (AvgIpc) is 3.30. The van der Waals surface area contributed by atoms with Gasteiger partial charge in [-0.05, 0) is 42.5 Å². The summed E-state index contributed by atoms with van der Waals surface area (Å²) in [6.07, 6.45) is 3.07. The van der Waals surface area contributed by atoms with Crippen LogP contribution >= 0.6 is 46.4 Å². The smallest absolute Gasteiger partial charge is 0.299 e. The number of carbonyl (C=O) groups is 1. The molecule has 0 aliphatic heterocycles. The number of hydrogen-bond donors (Lipinski definition) is 2. The first-order valence-electron chi connectivity index (χ1n) is 8.42. The zero-order chi connectivity index (χ0) is 21.4. The van der Waals surface area contributed by atoms with E-state index >= 15 is 0 Å². The number of nitrogens with one attached hydrogen (secondary N) is 2. The minimum absolute atomic E-state index is 0.0735. The third-order valence-electron chi connectivity index (χ3n) is 4.15. The Morgan fingerprint density at radius 3 is 2.23 bits per heavy atom. The van der Waals surface area contributed by atoms with Crippen molar-refractivity contribution in [1.82, 2.24) is 19.6 Å². The first-order chi connectivity index (χ1) is 14.3. The first kappa shape index (κ1) is 20.6. The molecule has 0 radical (unpaired) electrons. The van der Waals surface area contributed by atoms with Gasteiger partial charge >= 0.3 is 0 Å². The third kappa shape index (κ3) is 3.85.